The summed E-state index contributed by atoms with van der Waals surface area (Å²) < 4.78 is 20.9. The van der Waals surface area contributed by atoms with Crippen molar-refractivity contribution in [1.29, 1.82) is 0 Å². The standard InChI is InChI=1S/C16H18ClFN4O2S/c1-20(8-11-12(17)4-2-5-13(11)18)10-22-16(25)24-14(19-22)9-21-7-3-6-15(21)23/h2,4-5H,3,6-10H2,1H3/p+1. The zero-order valence-corrected chi connectivity index (χ0v) is 15.4. The first-order valence-corrected chi connectivity index (χ1v) is 8.81. The van der Waals surface area contributed by atoms with Gasteiger partial charge in [-0.15, -0.1) is 5.10 Å². The summed E-state index contributed by atoms with van der Waals surface area (Å²) in [5, 5.41) is 4.74. The van der Waals surface area contributed by atoms with Gasteiger partial charge in [0, 0.05) is 13.0 Å². The number of amides is 1. The first kappa shape index (κ1) is 18.0. The van der Waals surface area contributed by atoms with Crippen LogP contribution in [0.2, 0.25) is 5.02 Å². The number of halogens is 2. The van der Waals surface area contributed by atoms with E-state index in [-0.39, 0.29) is 16.6 Å². The second kappa shape index (κ2) is 7.63. The maximum atomic E-state index is 13.9. The quantitative estimate of drug-likeness (QED) is 0.770. The van der Waals surface area contributed by atoms with Crippen LogP contribution in [0.25, 0.3) is 0 Å². The Hall–Kier alpha value is -1.77. The molecule has 0 bridgehead atoms. The maximum absolute atomic E-state index is 13.9. The fourth-order valence-electron chi connectivity index (χ4n) is 2.86. The average Bonchev–Trinajstić information content (AvgIpc) is 3.10. The Morgan fingerprint density at radius 1 is 1.48 bits per heavy atom. The van der Waals surface area contributed by atoms with E-state index in [2.05, 4.69) is 5.10 Å². The summed E-state index contributed by atoms with van der Waals surface area (Å²) in [4.78, 5) is 14.6. The Morgan fingerprint density at radius 2 is 2.28 bits per heavy atom. The van der Waals surface area contributed by atoms with Gasteiger partial charge >= 0.3 is 0 Å². The van der Waals surface area contributed by atoms with E-state index in [4.69, 9.17) is 28.2 Å². The molecule has 0 aliphatic carbocycles. The van der Waals surface area contributed by atoms with Crippen LogP contribution in [0.4, 0.5) is 4.39 Å². The zero-order valence-electron chi connectivity index (χ0n) is 13.8. The molecule has 1 unspecified atom stereocenters. The largest absolute Gasteiger partial charge is 0.412 e. The number of carbonyl (C=O) groups is 1. The van der Waals surface area contributed by atoms with E-state index >= 15 is 0 Å². The van der Waals surface area contributed by atoms with E-state index in [0.29, 0.717) is 49.2 Å². The molecule has 9 heteroatoms. The van der Waals surface area contributed by atoms with Crippen LogP contribution in [-0.4, -0.2) is 34.2 Å². The summed E-state index contributed by atoms with van der Waals surface area (Å²) in [5.41, 5.74) is 0.458. The lowest BCUT2D eigenvalue weighted by atomic mass is 10.2. The van der Waals surface area contributed by atoms with Crippen molar-refractivity contribution in [3.63, 3.8) is 0 Å². The van der Waals surface area contributed by atoms with Gasteiger partial charge in [-0.1, -0.05) is 17.7 Å². The molecule has 25 heavy (non-hydrogen) atoms. The van der Waals surface area contributed by atoms with Gasteiger partial charge in [0.1, 0.15) is 12.4 Å². The third kappa shape index (κ3) is 4.26. The Balaban J connectivity index is 1.66. The summed E-state index contributed by atoms with van der Waals surface area (Å²) in [6.45, 7) is 1.83. The molecule has 1 aliphatic heterocycles. The van der Waals surface area contributed by atoms with Crippen molar-refractivity contribution >= 4 is 29.7 Å². The van der Waals surface area contributed by atoms with E-state index in [1.165, 1.54) is 6.07 Å². The number of quaternary nitrogens is 1. The molecule has 1 saturated heterocycles. The molecular formula is C16H19ClFN4O2S+. The van der Waals surface area contributed by atoms with Crippen molar-refractivity contribution in [3.8, 4) is 0 Å². The normalized spacial score (nSPS) is 15.8. The van der Waals surface area contributed by atoms with Crippen molar-refractivity contribution in [2.75, 3.05) is 13.6 Å². The van der Waals surface area contributed by atoms with Gasteiger partial charge in [0.25, 0.3) is 4.84 Å². The molecule has 0 spiro atoms. The molecule has 2 aromatic rings. The maximum Gasteiger partial charge on any atom is 0.291 e. The van der Waals surface area contributed by atoms with Crippen LogP contribution < -0.4 is 4.90 Å². The van der Waals surface area contributed by atoms with E-state index in [1.807, 2.05) is 7.05 Å². The lowest BCUT2D eigenvalue weighted by Crippen LogP contribution is -3.07. The van der Waals surface area contributed by atoms with E-state index in [0.717, 1.165) is 11.3 Å². The number of hydrogen-bond donors (Lipinski definition) is 1. The second-order valence-corrected chi connectivity index (χ2v) is 6.93. The summed E-state index contributed by atoms with van der Waals surface area (Å²) in [6, 6.07) is 4.64. The SMILES string of the molecule is C[NH+](Cc1c(F)cccc1Cl)Cn1nc(CN2CCCC2=O)oc1=S. The summed E-state index contributed by atoms with van der Waals surface area (Å²) >= 11 is 11.3. The van der Waals surface area contributed by atoms with Gasteiger partial charge in [0.05, 0.1) is 24.2 Å². The van der Waals surface area contributed by atoms with Gasteiger partial charge in [0.15, 0.2) is 6.67 Å². The molecule has 0 saturated carbocycles. The number of aromatic nitrogens is 2. The monoisotopic (exact) mass is 385 g/mol. The minimum atomic E-state index is -0.330. The third-order valence-corrected chi connectivity index (χ3v) is 4.75. The van der Waals surface area contributed by atoms with Crippen LogP contribution in [0.15, 0.2) is 22.6 Å². The molecule has 1 atom stereocenters. The highest BCUT2D eigenvalue weighted by Crippen LogP contribution is 2.17. The number of hydrogen-bond acceptors (Lipinski definition) is 4. The van der Waals surface area contributed by atoms with Crippen molar-refractivity contribution in [3.05, 3.63) is 45.3 Å². The number of nitrogens with zero attached hydrogens (tertiary/aromatic N) is 3. The van der Waals surface area contributed by atoms with Gasteiger partial charge < -0.3 is 14.2 Å². The number of likely N-dealkylation sites (tertiary alicyclic amines) is 1. The minimum absolute atomic E-state index is 0.104. The lowest BCUT2D eigenvalue weighted by Gasteiger charge is -2.15. The highest BCUT2D eigenvalue weighted by Gasteiger charge is 2.23. The molecule has 1 aliphatic rings. The van der Waals surface area contributed by atoms with Crippen LogP contribution >= 0.6 is 23.8 Å². The van der Waals surface area contributed by atoms with Crippen molar-refractivity contribution in [2.45, 2.75) is 32.6 Å². The first-order chi connectivity index (χ1) is 11.9. The average molecular weight is 386 g/mol. The van der Waals surface area contributed by atoms with Crippen molar-refractivity contribution in [1.82, 2.24) is 14.7 Å². The number of nitrogens with one attached hydrogen (secondary N) is 1. The Kier molecular flexibility index (Phi) is 5.51. The lowest BCUT2D eigenvalue weighted by molar-refractivity contribution is -0.917. The highest BCUT2D eigenvalue weighted by atomic mass is 35.5. The van der Waals surface area contributed by atoms with E-state index in [1.54, 1.807) is 21.7 Å². The third-order valence-electron chi connectivity index (χ3n) is 4.11. The van der Waals surface area contributed by atoms with Gasteiger partial charge in [-0.3, -0.25) is 4.79 Å². The van der Waals surface area contributed by atoms with Gasteiger partial charge in [-0.25, -0.2) is 4.39 Å². The molecule has 0 radical (unpaired) electrons. The summed E-state index contributed by atoms with van der Waals surface area (Å²) in [5.74, 6) is 0.188. The van der Waals surface area contributed by atoms with E-state index in [9.17, 15) is 9.18 Å². The van der Waals surface area contributed by atoms with Crippen molar-refractivity contribution < 1.29 is 18.5 Å². The minimum Gasteiger partial charge on any atom is -0.412 e. The fraction of sp³-hybridized carbons (Fsp3) is 0.438. The second-order valence-electron chi connectivity index (χ2n) is 6.17. The molecule has 1 N–H and O–H groups in total. The number of carbonyl (C=O) groups excluding carboxylic acids is 1. The molecule has 1 amide bonds. The van der Waals surface area contributed by atoms with Gasteiger partial charge in [0.2, 0.25) is 11.8 Å². The molecule has 134 valence electrons. The van der Waals surface area contributed by atoms with Crippen LogP contribution in [0.5, 0.6) is 0 Å². The predicted molar refractivity (Wildman–Crippen MR) is 92.0 cm³/mol. The Bertz CT molecular complexity index is 818. The number of rotatable bonds is 6. The number of benzene rings is 1. The summed E-state index contributed by atoms with van der Waals surface area (Å²) in [6.07, 6.45) is 1.42. The summed E-state index contributed by atoms with van der Waals surface area (Å²) in [7, 11) is 1.89. The van der Waals surface area contributed by atoms with E-state index < -0.39 is 0 Å². The van der Waals surface area contributed by atoms with Crippen molar-refractivity contribution in [2.24, 2.45) is 0 Å². The van der Waals surface area contributed by atoms with Gasteiger partial charge in [-0.05, 0) is 30.8 Å². The van der Waals surface area contributed by atoms with Crippen LogP contribution in [-0.2, 0) is 24.6 Å². The molecule has 1 fully saturated rings. The topological polar surface area (TPSA) is 55.7 Å². The molecule has 6 nitrogen and oxygen atoms in total. The van der Waals surface area contributed by atoms with Crippen LogP contribution in [0.3, 0.4) is 0 Å². The predicted octanol–water partition coefficient (Wildman–Crippen LogP) is 1.79. The Labute approximate surface area is 154 Å². The Morgan fingerprint density at radius 3 is 2.96 bits per heavy atom. The zero-order chi connectivity index (χ0) is 18.0. The fourth-order valence-corrected chi connectivity index (χ4v) is 3.29. The van der Waals surface area contributed by atoms with Crippen LogP contribution in [0, 0.1) is 10.7 Å². The van der Waals surface area contributed by atoms with Gasteiger partial charge in [-0.2, -0.15) is 4.68 Å². The molecule has 2 heterocycles. The molecule has 3 rings (SSSR count). The molecular weight excluding hydrogens is 367 g/mol. The van der Waals surface area contributed by atoms with Crippen LogP contribution in [0.1, 0.15) is 24.3 Å². The smallest absolute Gasteiger partial charge is 0.291 e. The highest BCUT2D eigenvalue weighted by molar-refractivity contribution is 7.71. The molecule has 1 aromatic heterocycles. The first-order valence-electron chi connectivity index (χ1n) is 8.03. The molecule has 1 aromatic carbocycles.